The van der Waals surface area contributed by atoms with Crippen molar-refractivity contribution < 1.29 is 9.59 Å². The molecule has 1 aromatic rings. The molecular formula is C13H16N2O2. The van der Waals surface area contributed by atoms with Gasteiger partial charge in [-0.25, -0.2) is 0 Å². The first-order valence-electron chi connectivity index (χ1n) is 5.40. The van der Waals surface area contributed by atoms with E-state index in [2.05, 4.69) is 11.9 Å². The summed E-state index contributed by atoms with van der Waals surface area (Å²) < 4.78 is 0. The van der Waals surface area contributed by atoms with Crippen LogP contribution in [0.3, 0.4) is 0 Å². The first kappa shape index (κ1) is 13.0. The molecule has 0 aliphatic rings. The van der Waals surface area contributed by atoms with E-state index < -0.39 is 0 Å². The van der Waals surface area contributed by atoms with Gasteiger partial charge in [0.2, 0.25) is 5.91 Å². The van der Waals surface area contributed by atoms with E-state index in [4.69, 9.17) is 5.73 Å². The predicted molar refractivity (Wildman–Crippen MR) is 67.6 cm³/mol. The van der Waals surface area contributed by atoms with E-state index >= 15 is 0 Å². The van der Waals surface area contributed by atoms with Crippen molar-refractivity contribution in [2.24, 2.45) is 0 Å². The Bertz CT molecular complexity index is 427. The van der Waals surface area contributed by atoms with Crippen LogP contribution in [-0.4, -0.2) is 18.2 Å². The highest BCUT2D eigenvalue weighted by Crippen LogP contribution is 2.09. The van der Waals surface area contributed by atoms with Gasteiger partial charge in [-0.3, -0.25) is 9.59 Å². The summed E-state index contributed by atoms with van der Waals surface area (Å²) in [6, 6.07) is 6.75. The lowest BCUT2D eigenvalue weighted by Gasteiger charge is -2.03. The van der Waals surface area contributed by atoms with Crippen molar-refractivity contribution in [3.8, 4) is 0 Å². The second-order valence-electron chi connectivity index (χ2n) is 3.64. The van der Waals surface area contributed by atoms with Gasteiger partial charge in [0.1, 0.15) is 0 Å². The molecule has 0 saturated heterocycles. The molecule has 0 radical (unpaired) electrons. The van der Waals surface area contributed by atoms with Crippen LogP contribution in [0.1, 0.15) is 23.2 Å². The van der Waals surface area contributed by atoms with Gasteiger partial charge in [0.25, 0.3) is 0 Å². The number of anilines is 1. The van der Waals surface area contributed by atoms with Crippen LogP contribution in [0.15, 0.2) is 36.9 Å². The minimum Gasteiger partial charge on any atom is -0.399 e. The maximum Gasteiger partial charge on any atom is 0.220 e. The van der Waals surface area contributed by atoms with Crippen molar-refractivity contribution in [3.05, 3.63) is 42.5 Å². The van der Waals surface area contributed by atoms with Crippen LogP contribution in [0, 0.1) is 0 Å². The average molecular weight is 232 g/mol. The fourth-order valence-electron chi connectivity index (χ4n) is 1.36. The second kappa shape index (κ2) is 6.48. The van der Waals surface area contributed by atoms with Gasteiger partial charge in [-0.15, -0.1) is 6.58 Å². The summed E-state index contributed by atoms with van der Waals surface area (Å²) in [7, 11) is 0. The number of nitrogens with two attached hydrogens (primary N) is 1. The molecule has 4 heteroatoms. The zero-order chi connectivity index (χ0) is 12.7. The number of rotatable bonds is 6. The highest BCUT2D eigenvalue weighted by atomic mass is 16.2. The molecule has 0 bridgehead atoms. The van der Waals surface area contributed by atoms with Gasteiger partial charge in [0.15, 0.2) is 5.78 Å². The van der Waals surface area contributed by atoms with Gasteiger partial charge in [0, 0.05) is 30.6 Å². The molecule has 0 aliphatic heterocycles. The molecule has 1 amide bonds. The second-order valence-corrected chi connectivity index (χ2v) is 3.64. The van der Waals surface area contributed by atoms with Crippen molar-refractivity contribution in [3.63, 3.8) is 0 Å². The van der Waals surface area contributed by atoms with Crippen molar-refractivity contribution in [2.45, 2.75) is 12.8 Å². The number of nitrogens with one attached hydrogen (secondary N) is 1. The number of ketones is 1. The van der Waals surface area contributed by atoms with Gasteiger partial charge in [-0.2, -0.15) is 0 Å². The molecule has 0 unspecified atom stereocenters. The number of Topliss-reactive ketones (excluding diaryl/α,β-unsaturated/α-hetero) is 1. The Morgan fingerprint density at radius 3 is 2.76 bits per heavy atom. The Balaban J connectivity index is 2.45. The lowest BCUT2D eigenvalue weighted by Crippen LogP contribution is -2.23. The van der Waals surface area contributed by atoms with Crippen LogP contribution < -0.4 is 11.1 Å². The molecule has 3 N–H and O–H groups in total. The lowest BCUT2D eigenvalue weighted by molar-refractivity contribution is -0.120. The molecule has 0 aliphatic carbocycles. The zero-order valence-electron chi connectivity index (χ0n) is 9.61. The van der Waals surface area contributed by atoms with Gasteiger partial charge in [-0.05, 0) is 12.1 Å². The van der Waals surface area contributed by atoms with E-state index in [0.29, 0.717) is 17.8 Å². The van der Waals surface area contributed by atoms with E-state index in [0.717, 1.165) is 0 Å². The van der Waals surface area contributed by atoms with E-state index in [9.17, 15) is 9.59 Å². The third-order valence-electron chi connectivity index (χ3n) is 2.23. The Morgan fingerprint density at radius 1 is 1.35 bits per heavy atom. The maximum atomic E-state index is 11.7. The summed E-state index contributed by atoms with van der Waals surface area (Å²) >= 11 is 0. The van der Waals surface area contributed by atoms with E-state index in [-0.39, 0.29) is 24.5 Å². The molecule has 4 nitrogen and oxygen atoms in total. The van der Waals surface area contributed by atoms with E-state index in [1.54, 1.807) is 30.3 Å². The smallest absolute Gasteiger partial charge is 0.220 e. The molecule has 0 heterocycles. The largest absolute Gasteiger partial charge is 0.399 e. The highest BCUT2D eigenvalue weighted by Gasteiger charge is 2.08. The number of carbonyl (C=O) groups is 2. The van der Waals surface area contributed by atoms with Gasteiger partial charge < -0.3 is 11.1 Å². The summed E-state index contributed by atoms with van der Waals surface area (Å²) in [6.45, 7) is 3.91. The topological polar surface area (TPSA) is 72.2 Å². The minimum absolute atomic E-state index is 0.0777. The lowest BCUT2D eigenvalue weighted by atomic mass is 10.1. The Hall–Kier alpha value is -2.10. The fraction of sp³-hybridized carbons (Fsp3) is 0.231. The Morgan fingerprint density at radius 2 is 2.12 bits per heavy atom. The monoisotopic (exact) mass is 232 g/mol. The van der Waals surface area contributed by atoms with Crippen molar-refractivity contribution in [1.82, 2.24) is 5.32 Å². The van der Waals surface area contributed by atoms with Crippen LogP contribution in [0.4, 0.5) is 5.69 Å². The molecule has 90 valence electrons. The molecule has 1 rings (SSSR count). The third-order valence-corrected chi connectivity index (χ3v) is 2.23. The normalized spacial score (nSPS) is 9.65. The first-order valence-corrected chi connectivity index (χ1v) is 5.40. The summed E-state index contributed by atoms with van der Waals surface area (Å²) in [5.74, 6) is -0.229. The standard InChI is InChI=1S/C13H16N2O2/c1-2-8-15-13(17)7-6-12(16)10-4-3-5-11(14)9-10/h2-5,9H,1,6-8,14H2,(H,15,17). The van der Waals surface area contributed by atoms with Gasteiger partial charge in [-0.1, -0.05) is 18.2 Å². The van der Waals surface area contributed by atoms with E-state index in [1.807, 2.05) is 0 Å². The molecule has 0 atom stereocenters. The molecule has 0 spiro atoms. The number of benzene rings is 1. The molecule has 17 heavy (non-hydrogen) atoms. The Labute approximate surface area is 101 Å². The number of hydrogen-bond acceptors (Lipinski definition) is 3. The highest BCUT2D eigenvalue weighted by molar-refractivity contribution is 5.98. The molecule has 0 saturated carbocycles. The average Bonchev–Trinajstić information content (AvgIpc) is 2.33. The third kappa shape index (κ3) is 4.51. The zero-order valence-corrected chi connectivity index (χ0v) is 9.61. The van der Waals surface area contributed by atoms with Crippen LogP contribution in [0.25, 0.3) is 0 Å². The maximum absolute atomic E-state index is 11.7. The number of hydrogen-bond donors (Lipinski definition) is 2. The van der Waals surface area contributed by atoms with Crippen LogP contribution in [0.5, 0.6) is 0 Å². The number of nitrogen functional groups attached to an aromatic ring is 1. The van der Waals surface area contributed by atoms with Gasteiger partial charge >= 0.3 is 0 Å². The fourth-order valence-corrected chi connectivity index (χ4v) is 1.36. The summed E-state index contributed by atoms with van der Waals surface area (Å²) in [5.41, 5.74) is 6.67. The van der Waals surface area contributed by atoms with Crippen molar-refractivity contribution in [2.75, 3.05) is 12.3 Å². The van der Waals surface area contributed by atoms with E-state index in [1.165, 1.54) is 0 Å². The molecule has 0 aromatic heterocycles. The number of amides is 1. The van der Waals surface area contributed by atoms with Gasteiger partial charge in [0.05, 0.1) is 0 Å². The summed E-state index contributed by atoms with van der Waals surface area (Å²) in [6.07, 6.45) is 1.96. The minimum atomic E-state index is -0.151. The molecular weight excluding hydrogens is 216 g/mol. The Kier molecular flexibility index (Phi) is 4.94. The molecule has 0 fully saturated rings. The number of carbonyl (C=O) groups excluding carboxylic acids is 2. The van der Waals surface area contributed by atoms with Crippen molar-refractivity contribution >= 4 is 17.4 Å². The SMILES string of the molecule is C=CCNC(=O)CCC(=O)c1cccc(N)c1. The summed E-state index contributed by atoms with van der Waals surface area (Å²) in [5, 5.41) is 2.62. The first-order chi connectivity index (χ1) is 8.13. The van der Waals surface area contributed by atoms with Crippen LogP contribution in [0.2, 0.25) is 0 Å². The summed E-state index contributed by atoms with van der Waals surface area (Å²) in [4.78, 5) is 23.0. The quantitative estimate of drug-likeness (QED) is 0.444. The van der Waals surface area contributed by atoms with Crippen LogP contribution in [-0.2, 0) is 4.79 Å². The molecule has 1 aromatic carbocycles. The van der Waals surface area contributed by atoms with Crippen molar-refractivity contribution in [1.29, 1.82) is 0 Å². The van der Waals surface area contributed by atoms with Crippen LogP contribution >= 0.6 is 0 Å². The predicted octanol–water partition coefficient (Wildman–Crippen LogP) is 1.53.